The maximum absolute atomic E-state index is 11.2. The highest BCUT2D eigenvalue weighted by Gasteiger charge is 2.40. The fraction of sp³-hybridized carbons (Fsp3) is 0.800. The van der Waals surface area contributed by atoms with Gasteiger partial charge in [0.1, 0.15) is 5.54 Å². The van der Waals surface area contributed by atoms with Gasteiger partial charge in [0, 0.05) is 13.1 Å². The molecule has 86 valence electrons. The topological polar surface area (TPSA) is 69.6 Å². The fourth-order valence-corrected chi connectivity index (χ4v) is 1.95. The first-order chi connectivity index (χ1) is 7.00. The van der Waals surface area contributed by atoms with Crippen LogP contribution in [0.15, 0.2) is 0 Å². The highest BCUT2D eigenvalue weighted by atomic mass is 16.4. The summed E-state index contributed by atoms with van der Waals surface area (Å²) in [5, 5.41) is 11.9. The molecule has 0 saturated carbocycles. The van der Waals surface area contributed by atoms with Crippen LogP contribution in [-0.4, -0.2) is 47.1 Å². The predicted molar refractivity (Wildman–Crippen MR) is 55.5 cm³/mol. The first kappa shape index (κ1) is 12.0. The molecule has 5 heteroatoms. The summed E-state index contributed by atoms with van der Waals surface area (Å²) in [4.78, 5) is 24.2. The van der Waals surface area contributed by atoms with Crippen molar-refractivity contribution in [3.05, 3.63) is 0 Å². The van der Waals surface area contributed by atoms with Gasteiger partial charge in [0.25, 0.3) is 0 Å². The number of nitrogens with zero attached hydrogens (tertiary/aromatic N) is 1. The quantitative estimate of drug-likeness (QED) is 0.694. The Balaban J connectivity index is 2.78. The van der Waals surface area contributed by atoms with Gasteiger partial charge in [-0.25, -0.2) is 0 Å². The number of carbonyl (C=O) groups is 2. The smallest absolute Gasteiger partial charge is 0.323 e. The van der Waals surface area contributed by atoms with E-state index >= 15 is 0 Å². The second kappa shape index (κ2) is 4.61. The summed E-state index contributed by atoms with van der Waals surface area (Å²) >= 11 is 0. The van der Waals surface area contributed by atoms with Crippen molar-refractivity contribution in [2.75, 3.05) is 19.6 Å². The molecule has 1 aliphatic heterocycles. The van der Waals surface area contributed by atoms with Crippen LogP contribution in [0, 0.1) is 0 Å². The molecule has 0 bridgehead atoms. The van der Waals surface area contributed by atoms with E-state index in [4.69, 9.17) is 0 Å². The van der Waals surface area contributed by atoms with Crippen LogP contribution in [0.1, 0.15) is 26.7 Å². The molecule has 1 fully saturated rings. The zero-order valence-electron chi connectivity index (χ0n) is 9.25. The lowest BCUT2D eigenvalue weighted by Gasteiger charge is -2.39. The van der Waals surface area contributed by atoms with Gasteiger partial charge in [-0.1, -0.05) is 13.3 Å². The summed E-state index contributed by atoms with van der Waals surface area (Å²) in [6.07, 6.45) is 1.36. The number of nitrogens with one attached hydrogen (secondary N) is 1. The van der Waals surface area contributed by atoms with Crippen LogP contribution in [0.3, 0.4) is 0 Å². The molecular formula is C10H18N2O3. The lowest BCUT2D eigenvalue weighted by atomic mass is 9.93. The molecule has 1 unspecified atom stereocenters. The van der Waals surface area contributed by atoms with E-state index in [1.54, 1.807) is 11.8 Å². The largest absolute Gasteiger partial charge is 0.480 e. The number of carboxylic acid groups (broad SMARTS) is 1. The lowest BCUT2D eigenvalue weighted by Crippen LogP contribution is -2.60. The van der Waals surface area contributed by atoms with E-state index in [9.17, 15) is 14.7 Å². The highest BCUT2D eigenvalue weighted by molar-refractivity contribution is 5.82. The fourth-order valence-electron chi connectivity index (χ4n) is 1.95. The average molecular weight is 214 g/mol. The summed E-state index contributed by atoms with van der Waals surface area (Å²) in [6.45, 7) is 4.96. The maximum atomic E-state index is 11.2. The van der Waals surface area contributed by atoms with Crippen LogP contribution < -0.4 is 5.32 Å². The van der Waals surface area contributed by atoms with Crippen molar-refractivity contribution in [3.63, 3.8) is 0 Å². The lowest BCUT2D eigenvalue weighted by molar-refractivity contribution is -0.153. The van der Waals surface area contributed by atoms with Gasteiger partial charge < -0.3 is 10.4 Å². The third-order valence-corrected chi connectivity index (χ3v) is 2.93. The van der Waals surface area contributed by atoms with Crippen LogP contribution >= 0.6 is 0 Å². The summed E-state index contributed by atoms with van der Waals surface area (Å²) in [5.41, 5.74) is -0.910. The van der Waals surface area contributed by atoms with Gasteiger partial charge in [0.15, 0.2) is 0 Å². The van der Waals surface area contributed by atoms with Crippen molar-refractivity contribution >= 4 is 11.9 Å². The first-order valence-electron chi connectivity index (χ1n) is 5.26. The molecule has 2 N–H and O–H groups in total. The summed E-state index contributed by atoms with van der Waals surface area (Å²) < 4.78 is 0. The van der Waals surface area contributed by atoms with Crippen LogP contribution in [0.25, 0.3) is 0 Å². The van der Waals surface area contributed by atoms with Crippen molar-refractivity contribution in [1.29, 1.82) is 0 Å². The molecular weight excluding hydrogens is 196 g/mol. The molecule has 0 spiro atoms. The van der Waals surface area contributed by atoms with Gasteiger partial charge in [-0.2, -0.15) is 0 Å². The molecule has 0 aromatic heterocycles. The number of carbonyl (C=O) groups excluding carboxylic acids is 1. The molecule has 0 aliphatic carbocycles. The third kappa shape index (κ3) is 2.47. The Morgan fingerprint density at radius 2 is 2.33 bits per heavy atom. The Bertz CT molecular complexity index is 267. The van der Waals surface area contributed by atoms with Crippen LogP contribution in [0.5, 0.6) is 0 Å². The van der Waals surface area contributed by atoms with Gasteiger partial charge in [-0.3, -0.25) is 14.5 Å². The van der Waals surface area contributed by atoms with E-state index in [0.29, 0.717) is 19.5 Å². The van der Waals surface area contributed by atoms with E-state index in [0.717, 1.165) is 6.42 Å². The van der Waals surface area contributed by atoms with E-state index < -0.39 is 11.5 Å². The Hall–Kier alpha value is -1.10. The Kier molecular flexibility index (Phi) is 3.68. The van der Waals surface area contributed by atoms with Crippen molar-refractivity contribution in [2.24, 2.45) is 0 Å². The second-order valence-corrected chi connectivity index (χ2v) is 4.10. The monoisotopic (exact) mass is 214 g/mol. The molecule has 1 atom stereocenters. The number of rotatable bonds is 4. The number of piperazine rings is 1. The first-order valence-corrected chi connectivity index (χ1v) is 5.26. The standard InChI is InChI=1S/C10H18N2O3/c1-3-4-10(2,9(14)15)12-6-5-11-8(13)7-12/h3-7H2,1-2H3,(H,11,13)(H,14,15). The third-order valence-electron chi connectivity index (χ3n) is 2.93. The molecule has 5 nitrogen and oxygen atoms in total. The molecule has 0 aromatic rings. The molecule has 1 heterocycles. The highest BCUT2D eigenvalue weighted by Crippen LogP contribution is 2.22. The Morgan fingerprint density at radius 3 is 2.80 bits per heavy atom. The zero-order valence-corrected chi connectivity index (χ0v) is 9.25. The SMILES string of the molecule is CCCC(C)(C(=O)O)N1CCNC(=O)C1. The normalized spacial score (nSPS) is 21.9. The number of aliphatic carboxylic acids is 1. The summed E-state index contributed by atoms with van der Waals surface area (Å²) in [7, 11) is 0. The minimum atomic E-state index is -0.910. The Labute approximate surface area is 89.4 Å². The van der Waals surface area contributed by atoms with Gasteiger partial charge in [-0.15, -0.1) is 0 Å². The molecule has 1 amide bonds. The van der Waals surface area contributed by atoms with Crippen molar-refractivity contribution < 1.29 is 14.7 Å². The van der Waals surface area contributed by atoms with E-state index in [2.05, 4.69) is 5.32 Å². The van der Waals surface area contributed by atoms with Crippen molar-refractivity contribution in [2.45, 2.75) is 32.2 Å². The van der Waals surface area contributed by atoms with Crippen molar-refractivity contribution in [3.8, 4) is 0 Å². The average Bonchev–Trinajstić information content (AvgIpc) is 2.17. The molecule has 1 aliphatic rings. The molecule has 15 heavy (non-hydrogen) atoms. The van der Waals surface area contributed by atoms with Crippen LogP contribution in [0.4, 0.5) is 0 Å². The molecule has 1 rings (SSSR count). The van der Waals surface area contributed by atoms with Gasteiger partial charge >= 0.3 is 5.97 Å². The minimum absolute atomic E-state index is 0.0928. The summed E-state index contributed by atoms with van der Waals surface area (Å²) in [5.74, 6) is -0.941. The molecule has 0 aromatic carbocycles. The van der Waals surface area contributed by atoms with Gasteiger partial charge in [-0.05, 0) is 13.3 Å². The molecule has 0 radical (unpaired) electrons. The number of hydrogen-bond donors (Lipinski definition) is 2. The van der Waals surface area contributed by atoms with Crippen molar-refractivity contribution in [1.82, 2.24) is 10.2 Å². The van der Waals surface area contributed by atoms with Crippen LogP contribution in [-0.2, 0) is 9.59 Å². The van der Waals surface area contributed by atoms with E-state index in [-0.39, 0.29) is 12.5 Å². The van der Waals surface area contributed by atoms with E-state index in [1.165, 1.54) is 0 Å². The predicted octanol–water partition coefficient (Wildman–Crippen LogP) is 0.0616. The number of hydrogen-bond acceptors (Lipinski definition) is 3. The Morgan fingerprint density at radius 1 is 1.67 bits per heavy atom. The van der Waals surface area contributed by atoms with Gasteiger partial charge in [0.2, 0.25) is 5.91 Å². The summed E-state index contributed by atoms with van der Waals surface area (Å²) in [6, 6.07) is 0. The second-order valence-electron chi connectivity index (χ2n) is 4.10. The molecule has 1 saturated heterocycles. The minimum Gasteiger partial charge on any atom is -0.480 e. The zero-order chi connectivity index (χ0) is 11.5. The maximum Gasteiger partial charge on any atom is 0.323 e. The number of amides is 1. The van der Waals surface area contributed by atoms with Crippen LogP contribution in [0.2, 0.25) is 0 Å². The van der Waals surface area contributed by atoms with Gasteiger partial charge in [0.05, 0.1) is 6.54 Å². The van der Waals surface area contributed by atoms with E-state index in [1.807, 2.05) is 6.92 Å². The number of carboxylic acids is 1.